The summed E-state index contributed by atoms with van der Waals surface area (Å²) in [6.07, 6.45) is 5.37. The van der Waals surface area contributed by atoms with Gasteiger partial charge >= 0.3 is 5.97 Å². The lowest BCUT2D eigenvalue weighted by atomic mass is 9.96. The van der Waals surface area contributed by atoms with Crippen LogP contribution in [0.2, 0.25) is 0 Å². The Labute approximate surface area is 162 Å². The van der Waals surface area contributed by atoms with Crippen LogP contribution in [0.15, 0.2) is 47.8 Å². The number of anilines is 1. The molecule has 1 amide bonds. The first-order chi connectivity index (χ1) is 13.6. The minimum Gasteiger partial charge on any atom is -0.480 e. The van der Waals surface area contributed by atoms with Crippen LogP contribution in [0.1, 0.15) is 19.3 Å². The highest BCUT2D eigenvalue weighted by atomic mass is 16.4. The fraction of sp³-hybridized carbons (Fsp3) is 0.421. The SMILES string of the molecule is O=C(O)C1CC(C(=O)N2CCC(Cn3ccnn3)CC2)=NN1c1ccccc1. The number of carbonyl (C=O) groups is 2. The lowest BCUT2D eigenvalue weighted by Gasteiger charge is -2.31. The molecule has 3 heterocycles. The number of carboxylic acid groups (broad SMARTS) is 1. The number of nitrogens with zero attached hydrogens (tertiary/aromatic N) is 6. The Morgan fingerprint density at radius 3 is 2.54 bits per heavy atom. The fourth-order valence-corrected chi connectivity index (χ4v) is 3.75. The minimum absolute atomic E-state index is 0.113. The Bertz CT molecular complexity index is 859. The van der Waals surface area contributed by atoms with E-state index in [9.17, 15) is 14.7 Å². The summed E-state index contributed by atoms with van der Waals surface area (Å²) in [6.45, 7) is 2.08. The van der Waals surface area contributed by atoms with Gasteiger partial charge in [-0.1, -0.05) is 23.4 Å². The van der Waals surface area contributed by atoms with Gasteiger partial charge in [0.25, 0.3) is 5.91 Å². The lowest BCUT2D eigenvalue weighted by Crippen LogP contribution is -2.43. The minimum atomic E-state index is -0.984. The molecule has 2 aromatic rings. The van der Waals surface area contributed by atoms with E-state index in [-0.39, 0.29) is 12.3 Å². The molecule has 0 saturated carbocycles. The number of aliphatic carboxylic acids is 1. The van der Waals surface area contributed by atoms with Crippen LogP contribution in [0.3, 0.4) is 0 Å². The third kappa shape index (κ3) is 3.73. The maximum Gasteiger partial charge on any atom is 0.328 e. The summed E-state index contributed by atoms with van der Waals surface area (Å²) >= 11 is 0. The predicted octanol–water partition coefficient (Wildman–Crippen LogP) is 1.24. The molecule has 0 bridgehead atoms. The number of piperidine rings is 1. The lowest BCUT2D eigenvalue weighted by molar-refractivity contribution is -0.138. The van der Waals surface area contributed by atoms with E-state index in [2.05, 4.69) is 15.4 Å². The number of likely N-dealkylation sites (tertiary alicyclic amines) is 1. The van der Waals surface area contributed by atoms with Gasteiger partial charge in [0.15, 0.2) is 6.04 Å². The van der Waals surface area contributed by atoms with Crippen molar-refractivity contribution in [1.29, 1.82) is 0 Å². The van der Waals surface area contributed by atoms with Crippen LogP contribution in [0.5, 0.6) is 0 Å². The largest absolute Gasteiger partial charge is 0.480 e. The highest BCUT2D eigenvalue weighted by Gasteiger charge is 2.38. The van der Waals surface area contributed by atoms with Gasteiger partial charge in [-0.15, -0.1) is 5.10 Å². The van der Waals surface area contributed by atoms with Crippen LogP contribution < -0.4 is 5.01 Å². The van der Waals surface area contributed by atoms with E-state index in [0.717, 1.165) is 19.4 Å². The molecule has 28 heavy (non-hydrogen) atoms. The summed E-state index contributed by atoms with van der Waals surface area (Å²) in [5, 5.41) is 23.2. The van der Waals surface area contributed by atoms with Gasteiger partial charge < -0.3 is 10.0 Å². The van der Waals surface area contributed by atoms with E-state index in [0.29, 0.717) is 30.4 Å². The Balaban J connectivity index is 1.41. The third-order valence-corrected chi connectivity index (χ3v) is 5.28. The zero-order valence-corrected chi connectivity index (χ0v) is 15.4. The molecule has 1 N–H and O–H groups in total. The summed E-state index contributed by atoms with van der Waals surface area (Å²) in [4.78, 5) is 26.4. The second kappa shape index (κ2) is 7.79. The number of hydrogen-bond acceptors (Lipinski definition) is 6. The van der Waals surface area contributed by atoms with Crippen molar-refractivity contribution in [3.05, 3.63) is 42.7 Å². The van der Waals surface area contributed by atoms with Crippen molar-refractivity contribution >= 4 is 23.3 Å². The van der Waals surface area contributed by atoms with E-state index in [1.54, 1.807) is 23.2 Å². The van der Waals surface area contributed by atoms with Crippen molar-refractivity contribution in [2.24, 2.45) is 11.0 Å². The maximum absolute atomic E-state index is 12.9. The molecule has 1 aromatic carbocycles. The van der Waals surface area contributed by atoms with Crippen molar-refractivity contribution in [3.8, 4) is 0 Å². The molecule has 0 aliphatic carbocycles. The van der Waals surface area contributed by atoms with Gasteiger partial charge in [0.1, 0.15) is 5.71 Å². The summed E-state index contributed by atoms with van der Waals surface area (Å²) in [7, 11) is 0. The molecule has 9 nitrogen and oxygen atoms in total. The fourth-order valence-electron chi connectivity index (χ4n) is 3.75. The number of carbonyl (C=O) groups excluding carboxylic acids is 1. The molecular weight excluding hydrogens is 360 g/mol. The van der Waals surface area contributed by atoms with Crippen molar-refractivity contribution in [2.75, 3.05) is 18.1 Å². The Hall–Kier alpha value is -3.23. The average molecular weight is 382 g/mol. The number of rotatable bonds is 5. The summed E-state index contributed by atoms with van der Waals surface area (Å²) in [5.41, 5.74) is 0.982. The Morgan fingerprint density at radius 2 is 1.89 bits per heavy atom. The van der Waals surface area contributed by atoms with E-state index < -0.39 is 12.0 Å². The zero-order chi connectivity index (χ0) is 19.5. The smallest absolute Gasteiger partial charge is 0.328 e. The second-order valence-electron chi connectivity index (χ2n) is 7.15. The highest BCUT2D eigenvalue weighted by molar-refractivity contribution is 6.40. The summed E-state index contributed by atoms with van der Waals surface area (Å²) < 4.78 is 1.82. The van der Waals surface area contributed by atoms with E-state index in [4.69, 9.17) is 0 Å². The molecule has 1 fully saturated rings. The highest BCUT2D eigenvalue weighted by Crippen LogP contribution is 2.26. The first-order valence-corrected chi connectivity index (χ1v) is 9.40. The van der Waals surface area contributed by atoms with Crippen LogP contribution in [0.4, 0.5) is 5.69 Å². The van der Waals surface area contributed by atoms with Gasteiger partial charge in [0, 0.05) is 32.3 Å². The normalized spacial score (nSPS) is 20.3. The van der Waals surface area contributed by atoms with Gasteiger partial charge in [0.2, 0.25) is 0 Å². The van der Waals surface area contributed by atoms with Crippen molar-refractivity contribution in [2.45, 2.75) is 31.8 Å². The summed E-state index contributed by atoms with van der Waals surface area (Å²) in [6, 6.07) is 8.23. The quantitative estimate of drug-likeness (QED) is 0.834. The maximum atomic E-state index is 12.9. The number of amides is 1. The number of para-hydroxylation sites is 1. The molecule has 2 aliphatic heterocycles. The molecular formula is C19H22N6O3. The van der Waals surface area contributed by atoms with Crippen molar-refractivity contribution < 1.29 is 14.7 Å². The molecule has 1 atom stereocenters. The van der Waals surface area contributed by atoms with Gasteiger partial charge in [0.05, 0.1) is 11.9 Å². The van der Waals surface area contributed by atoms with Gasteiger partial charge in [-0.3, -0.25) is 14.5 Å². The standard InChI is InChI=1S/C19H22N6O3/c26-18(23-9-6-14(7-10-23)13-24-11-8-20-22-24)16-12-17(19(27)28)25(21-16)15-4-2-1-3-5-15/h1-5,8,11,14,17H,6-7,9-10,12-13H2,(H,27,28). The molecule has 146 valence electrons. The molecule has 1 aromatic heterocycles. The number of benzene rings is 1. The molecule has 1 saturated heterocycles. The van der Waals surface area contributed by atoms with Crippen LogP contribution in [-0.4, -0.2) is 61.7 Å². The van der Waals surface area contributed by atoms with Crippen LogP contribution in [-0.2, 0) is 16.1 Å². The average Bonchev–Trinajstić information content (AvgIpc) is 3.39. The molecule has 1 unspecified atom stereocenters. The Morgan fingerprint density at radius 1 is 1.14 bits per heavy atom. The monoisotopic (exact) mass is 382 g/mol. The topological polar surface area (TPSA) is 104 Å². The van der Waals surface area contributed by atoms with Gasteiger partial charge in [-0.05, 0) is 30.9 Å². The Kier molecular flexibility index (Phi) is 5.05. The van der Waals surface area contributed by atoms with Crippen LogP contribution in [0.25, 0.3) is 0 Å². The van der Waals surface area contributed by atoms with Crippen molar-refractivity contribution in [3.63, 3.8) is 0 Å². The number of hydrogen-bond donors (Lipinski definition) is 1. The first-order valence-electron chi connectivity index (χ1n) is 9.40. The van der Waals surface area contributed by atoms with Gasteiger partial charge in [-0.2, -0.15) is 5.10 Å². The van der Waals surface area contributed by atoms with Crippen molar-refractivity contribution in [1.82, 2.24) is 19.9 Å². The first kappa shape index (κ1) is 18.1. The predicted molar refractivity (Wildman–Crippen MR) is 102 cm³/mol. The van der Waals surface area contributed by atoms with E-state index in [1.807, 2.05) is 29.1 Å². The number of carboxylic acids is 1. The zero-order valence-electron chi connectivity index (χ0n) is 15.4. The molecule has 0 radical (unpaired) electrons. The third-order valence-electron chi connectivity index (χ3n) is 5.28. The number of aromatic nitrogens is 3. The molecule has 0 spiro atoms. The number of hydrazone groups is 1. The van der Waals surface area contributed by atoms with Crippen LogP contribution in [0, 0.1) is 5.92 Å². The molecule has 9 heteroatoms. The van der Waals surface area contributed by atoms with Gasteiger partial charge in [-0.25, -0.2) is 4.79 Å². The van der Waals surface area contributed by atoms with Crippen LogP contribution >= 0.6 is 0 Å². The molecule has 2 aliphatic rings. The summed E-state index contributed by atoms with van der Waals surface area (Å²) in [5.74, 6) is -0.699. The molecule has 4 rings (SSSR count). The van der Waals surface area contributed by atoms with E-state index in [1.165, 1.54) is 5.01 Å². The second-order valence-corrected chi connectivity index (χ2v) is 7.15. The van der Waals surface area contributed by atoms with E-state index >= 15 is 0 Å².